The molecular weight excluding hydrogens is 300 g/mol. The zero-order valence-corrected chi connectivity index (χ0v) is 10.8. The molecule has 92 valence electrons. The molecule has 2 aromatic rings. The van der Waals surface area contributed by atoms with Gasteiger partial charge in [-0.15, -0.1) is 0 Å². The van der Waals surface area contributed by atoms with Crippen LogP contribution in [-0.4, -0.2) is 25.8 Å². The highest BCUT2D eigenvalue weighted by atomic mass is 35.5. The third kappa shape index (κ3) is 2.84. The lowest BCUT2D eigenvalue weighted by molar-refractivity contribution is 0.102. The van der Waals surface area contributed by atoms with Crippen LogP contribution in [-0.2, 0) is 0 Å². The molecule has 0 bridgehead atoms. The zero-order chi connectivity index (χ0) is 13.1. The molecule has 0 aliphatic carbocycles. The second kappa shape index (κ2) is 5.43. The molecule has 0 unspecified atom stereocenters. The number of nitrogens with one attached hydrogen (secondary N) is 1. The van der Waals surface area contributed by atoms with Gasteiger partial charge in [-0.3, -0.25) is 4.79 Å². The van der Waals surface area contributed by atoms with E-state index in [1.54, 1.807) is 0 Å². The van der Waals surface area contributed by atoms with E-state index in [-0.39, 0.29) is 26.8 Å². The van der Waals surface area contributed by atoms with E-state index in [0.717, 1.165) is 0 Å². The minimum atomic E-state index is -0.544. The number of anilines is 1. The van der Waals surface area contributed by atoms with Crippen molar-refractivity contribution in [3.63, 3.8) is 0 Å². The summed E-state index contributed by atoms with van der Waals surface area (Å²) in [6, 6.07) is 0. The largest absolute Gasteiger partial charge is 0.315 e. The number of nitrogens with zero attached hydrogens (tertiary/aromatic N) is 4. The number of hydrogen-bond acceptors (Lipinski definition) is 5. The van der Waals surface area contributed by atoms with Crippen molar-refractivity contribution in [2.75, 3.05) is 5.32 Å². The molecule has 0 saturated heterocycles. The Morgan fingerprint density at radius 3 is 2.22 bits per heavy atom. The maximum absolute atomic E-state index is 11.8. The summed E-state index contributed by atoms with van der Waals surface area (Å²) in [6.45, 7) is 0. The van der Waals surface area contributed by atoms with Gasteiger partial charge in [0.05, 0.1) is 12.4 Å². The van der Waals surface area contributed by atoms with Crippen LogP contribution < -0.4 is 5.32 Å². The van der Waals surface area contributed by atoms with Crippen LogP contribution in [0, 0.1) is 0 Å². The maximum Gasteiger partial charge on any atom is 0.276 e. The fourth-order valence-electron chi connectivity index (χ4n) is 1.05. The van der Waals surface area contributed by atoms with Crippen LogP contribution in [0.1, 0.15) is 10.5 Å². The summed E-state index contributed by atoms with van der Waals surface area (Å²) >= 11 is 17.1. The van der Waals surface area contributed by atoms with Crippen molar-refractivity contribution < 1.29 is 4.79 Å². The quantitative estimate of drug-likeness (QED) is 0.862. The molecule has 0 radical (unpaired) electrons. The first kappa shape index (κ1) is 12.9. The van der Waals surface area contributed by atoms with Gasteiger partial charge in [-0.2, -0.15) is 0 Å². The number of amides is 1. The van der Waals surface area contributed by atoms with Gasteiger partial charge in [-0.25, -0.2) is 19.9 Å². The number of rotatable bonds is 2. The molecule has 2 heterocycles. The summed E-state index contributed by atoms with van der Waals surface area (Å²) in [6.07, 6.45) is 3.66. The van der Waals surface area contributed by atoms with Gasteiger partial charge in [0, 0.05) is 0 Å². The predicted octanol–water partition coefficient (Wildman–Crippen LogP) is 2.48. The Kier molecular flexibility index (Phi) is 3.90. The predicted molar refractivity (Wildman–Crippen MR) is 67.0 cm³/mol. The fraction of sp³-hybridized carbons (Fsp3) is 0. The number of hydrogen-bond donors (Lipinski definition) is 1. The van der Waals surface area contributed by atoms with Crippen molar-refractivity contribution in [2.24, 2.45) is 0 Å². The third-order valence-corrected chi connectivity index (χ3v) is 2.61. The Balaban J connectivity index is 2.24. The Labute approximate surface area is 116 Å². The van der Waals surface area contributed by atoms with Crippen molar-refractivity contribution in [1.29, 1.82) is 0 Å². The molecule has 18 heavy (non-hydrogen) atoms. The SMILES string of the molecule is O=C(Nc1c(Cl)ncnc1Cl)c1cnc(Cl)cn1. The van der Waals surface area contributed by atoms with E-state index in [0.29, 0.717) is 0 Å². The molecule has 0 aromatic carbocycles. The number of carbonyl (C=O) groups is 1. The van der Waals surface area contributed by atoms with Gasteiger partial charge in [0.1, 0.15) is 22.9 Å². The first-order chi connectivity index (χ1) is 8.58. The smallest absolute Gasteiger partial charge is 0.276 e. The average Bonchev–Trinajstić information content (AvgIpc) is 2.34. The van der Waals surface area contributed by atoms with Gasteiger partial charge in [-0.05, 0) is 0 Å². The lowest BCUT2D eigenvalue weighted by Crippen LogP contribution is -2.15. The van der Waals surface area contributed by atoms with Crippen LogP contribution in [0.15, 0.2) is 18.7 Å². The van der Waals surface area contributed by atoms with Crippen LogP contribution in [0.5, 0.6) is 0 Å². The van der Waals surface area contributed by atoms with E-state index in [2.05, 4.69) is 25.3 Å². The van der Waals surface area contributed by atoms with E-state index in [1.807, 2.05) is 0 Å². The van der Waals surface area contributed by atoms with E-state index in [9.17, 15) is 4.79 Å². The molecule has 1 amide bonds. The summed E-state index contributed by atoms with van der Waals surface area (Å²) in [5.41, 5.74) is 0.179. The molecule has 9 heteroatoms. The maximum atomic E-state index is 11.8. The molecule has 0 spiro atoms. The summed E-state index contributed by atoms with van der Waals surface area (Å²) in [4.78, 5) is 26.7. The van der Waals surface area contributed by atoms with E-state index < -0.39 is 5.91 Å². The van der Waals surface area contributed by atoms with Crippen molar-refractivity contribution in [3.8, 4) is 0 Å². The number of carbonyl (C=O) groups excluding carboxylic acids is 1. The Bertz CT molecular complexity index is 569. The van der Waals surface area contributed by atoms with Crippen LogP contribution in [0.25, 0.3) is 0 Å². The lowest BCUT2D eigenvalue weighted by atomic mass is 10.4. The van der Waals surface area contributed by atoms with Crippen LogP contribution in [0.4, 0.5) is 5.69 Å². The molecule has 1 N–H and O–H groups in total. The fourth-order valence-corrected chi connectivity index (χ4v) is 1.56. The highest BCUT2D eigenvalue weighted by molar-refractivity contribution is 6.38. The van der Waals surface area contributed by atoms with Gasteiger partial charge in [0.25, 0.3) is 5.91 Å². The highest BCUT2D eigenvalue weighted by Crippen LogP contribution is 2.25. The van der Waals surface area contributed by atoms with Gasteiger partial charge in [0.2, 0.25) is 0 Å². The Hall–Kier alpha value is -1.50. The topological polar surface area (TPSA) is 80.7 Å². The van der Waals surface area contributed by atoms with Crippen LogP contribution >= 0.6 is 34.8 Å². The van der Waals surface area contributed by atoms with Crippen molar-refractivity contribution in [1.82, 2.24) is 19.9 Å². The van der Waals surface area contributed by atoms with Crippen molar-refractivity contribution in [3.05, 3.63) is 39.9 Å². The summed E-state index contributed by atoms with van der Waals surface area (Å²) in [5.74, 6) is -0.544. The summed E-state index contributed by atoms with van der Waals surface area (Å²) in [5, 5.41) is 2.69. The minimum absolute atomic E-state index is 0.0327. The lowest BCUT2D eigenvalue weighted by Gasteiger charge is -2.06. The minimum Gasteiger partial charge on any atom is -0.315 e. The molecule has 0 atom stereocenters. The van der Waals surface area contributed by atoms with Crippen molar-refractivity contribution in [2.45, 2.75) is 0 Å². The van der Waals surface area contributed by atoms with Gasteiger partial charge >= 0.3 is 0 Å². The number of aromatic nitrogens is 4. The molecule has 2 aromatic heterocycles. The van der Waals surface area contributed by atoms with Crippen LogP contribution in [0.3, 0.4) is 0 Å². The molecule has 6 nitrogen and oxygen atoms in total. The first-order valence-corrected chi connectivity index (χ1v) is 5.66. The molecule has 0 fully saturated rings. The van der Waals surface area contributed by atoms with Gasteiger partial charge in [0.15, 0.2) is 10.3 Å². The molecular formula is C9H4Cl3N5O. The molecule has 0 aliphatic heterocycles. The normalized spacial score (nSPS) is 10.2. The van der Waals surface area contributed by atoms with Gasteiger partial charge < -0.3 is 5.32 Å². The Morgan fingerprint density at radius 2 is 1.67 bits per heavy atom. The van der Waals surface area contributed by atoms with E-state index in [1.165, 1.54) is 18.7 Å². The average molecular weight is 305 g/mol. The van der Waals surface area contributed by atoms with E-state index >= 15 is 0 Å². The monoisotopic (exact) mass is 303 g/mol. The third-order valence-electron chi connectivity index (χ3n) is 1.85. The zero-order valence-electron chi connectivity index (χ0n) is 8.56. The highest BCUT2D eigenvalue weighted by Gasteiger charge is 2.14. The molecule has 0 saturated carbocycles. The molecule has 2 rings (SSSR count). The molecule has 0 aliphatic rings. The van der Waals surface area contributed by atoms with E-state index in [4.69, 9.17) is 34.8 Å². The second-order valence-electron chi connectivity index (χ2n) is 3.01. The summed E-state index contributed by atoms with van der Waals surface area (Å²) < 4.78 is 0. The van der Waals surface area contributed by atoms with Crippen LogP contribution in [0.2, 0.25) is 15.5 Å². The first-order valence-electron chi connectivity index (χ1n) is 4.53. The standard InChI is InChI=1S/C9H4Cl3N5O/c10-5-2-13-4(1-14-5)9(18)17-6-7(11)15-3-16-8(6)12/h1-3H,(H,17,18). The Morgan fingerprint density at radius 1 is 1.00 bits per heavy atom. The van der Waals surface area contributed by atoms with Crippen molar-refractivity contribution >= 4 is 46.4 Å². The van der Waals surface area contributed by atoms with Gasteiger partial charge in [-0.1, -0.05) is 34.8 Å². The summed E-state index contributed by atoms with van der Waals surface area (Å²) in [7, 11) is 0. The number of halogens is 3. The second-order valence-corrected chi connectivity index (χ2v) is 4.11.